The third-order valence-corrected chi connectivity index (χ3v) is 0.821. The lowest BCUT2D eigenvalue weighted by atomic mass is 9.93. The van der Waals surface area contributed by atoms with Crippen LogP contribution in [0.5, 0.6) is 0 Å². The molecule has 0 heterocycles. The molecule has 0 aromatic carbocycles. The Balaban J connectivity index is 3.15. The maximum absolute atomic E-state index is 5.27. The lowest BCUT2D eigenvalue weighted by Crippen LogP contribution is -2.12. The molecule has 1 heteroatoms. The fourth-order valence-electron chi connectivity index (χ4n) is 0.391. The summed E-state index contributed by atoms with van der Waals surface area (Å²) in [5, 5.41) is 0. The van der Waals surface area contributed by atoms with Crippen molar-refractivity contribution in [1.29, 1.82) is 0 Å². The molecule has 0 spiro atoms. The lowest BCUT2D eigenvalue weighted by Gasteiger charge is -2.14. The summed E-state index contributed by atoms with van der Waals surface area (Å²) in [5.41, 5.74) is 5.45. The molecule has 0 unspecified atom stereocenters. The molecule has 0 aliphatic carbocycles. The van der Waals surface area contributed by atoms with E-state index in [9.17, 15) is 0 Å². The van der Waals surface area contributed by atoms with Gasteiger partial charge in [-0.2, -0.15) is 0 Å². The van der Waals surface area contributed by atoms with Crippen LogP contribution in [-0.4, -0.2) is 6.54 Å². The highest BCUT2D eigenvalue weighted by Crippen LogP contribution is 2.15. The van der Waals surface area contributed by atoms with E-state index in [2.05, 4.69) is 20.8 Å². The highest BCUT2D eigenvalue weighted by Gasteiger charge is 2.06. The van der Waals surface area contributed by atoms with E-state index in [0.717, 1.165) is 13.0 Å². The van der Waals surface area contributed by atoms with Gasteiger partial charge in [0.1, 0.15) is 0 Å². The van der Waals surface area contributed by atoms with E-state index in [1.54, 1.807) is 0 Å². The predicted octanol–water partition coefficient (Wildman–Crippen LogP) is 1.20. The van der Waals surface area contributed by atoms with Crippen molar-refractivity contribution in [2.75, 3.05) is 6.54 Å². The standard InChI is InChI=1S/C6H14N/c1-6(2,3)4-5-7/h1,4-5,7H2,2-3H3. The summed E-state index contributed by atoms with van der Waals surface area (Å²) in [5.74, 6) is 0. The topological polar surface area (TPSA) is 26.0 Å². The SMILES string of the molecule is [CH2]C(C)(C)CCN. The van der Waals surface area contributed by atoms with Crippen LogP contribution in [0.1, 0.15) is 20.3 Å². The Morgan fingerprint density at radius 1 is 1.57 bits per heavy atom. The third-order valence-electron chi connectivity index (χ3n) is 0.821. The second-order valence-corrected chi connectivity index (χ2v) is 2.70. The zero-order chi connectivity index (χ0) is 5.91. The molecule has 0 aromatic heterocycles. The first kappa shape index (κ1) is 6.96. The number of hydrogen-bond donors (Lipinski definition) is 1. The highest BCUT2D eigenvalue weighted by molar-refractivity contribution is 4.69. The molecule has 0 saturated heterocycles. The fraction of sp³-hybridized carbons (Fsp3) is 0.833. The zero-order valence-corrected chi connectivity index (χ0v) is 5.20. The van der Waals surface area contributed by atoms with Gasteiger partial charge in [-0.3, -0.25) is 0 Å². The fourth-order valence-corrected chi connectivity index (χ4v) is 0.391. The summed E-state index contributed by atoms with van der Waals surface area (Å²) < 4.78 is 0. The van der Waals surface area contributed by atoms with Gasteiger partial charge in [0.25, 0.3) is 0 Å². The van der Waals surface area contributed by atoms with E-state index in [0.29, 0.717) is 0 Å². The summed E-state index contributed by atoms with van der Waals surface area (Å²) in [6.45, 7) is 8.79. The molecule has 0 aliphatic rings. The van der Waals surface area contributed by atoms with Crippen molar-refractivity contribution in [3.05, 3.63) is 6.92 Å². The minimum absolute atomic E-state index is 0.175. The van der Waals surface area contributed by atoms with E-state index in [-0.39, 0.29) is 5.41 Å². The van der Waals surface area contributed by atoms with Crippen LogP contribution in [-0.2, 0) is 0 Å². The van der Waals surface area contributed by atoms with Crippen molar-refractivity contribution in [1.82, 2.24) is 0 Å². The molecule has 0 aliphatic heterocycles. The summed E-state index contributed by atoms with van der Waals surface area (Å²) in [4.78, 5) is 0. The predicted molar refractivity (Wildman–Crippen MR) is 32.8 cm³/mol. The van der Waals surface area contributed by atoms with E-state index in [1.807, 2.05) is 0 Å². The summed E-state index contributed by atoms with van der Waals surface area (Å²) in [7, 11) is 0. The van der Waals surface area contributed by atoms with Crippen molar-refractivity contribution in [2.45, 2.75) is 20.3 Å². The summed E-state index contributed by atoms with van der Waals surface area (Å²) in [6.07, 6.45) is 1.01. The lowest BCUT2D eigenvalue weighted by molar-refractivity contribution is 0.441. The second-order valence-electron chi connectivity index (χ2n) is 2.70. The average Bonchev–Trinajstić information content (AvgIpc) is 1.30. The van der Waals surface area contributed by atoms with Gasteiger partial charge in [-0.15, -0.1) is 0 Å². The van der Waals surface area contributed by atoms with Crippen LogP contribution in [0.15, 0.2) is 0 Å². The van der Waals surface area contributed by atoms with E-state index in [1.165, 1.54) is 0 Å². The molecule has 0 rings (SSSR count). The van der Waals surface area contributed by atoms with Crippen molar-refractivity contribution >= 4 is 0 Å². The molecule has 1 radical (unpaired) electrons. The quantitative estimate of drug-likeness (QED) is 0.554. The molecule has 0 amide bonds. The van der Waals surface area contributed by atoms with Gasteiger partial charge in [-0.1, -0.05) is 13.8 Å². The Morgan fingerprint density at radius 3 is 2.00 bits per heavy atom. The molecule has 43 valence electrons. The number of hydrogen-bond acceptors (Lipinski definition) is 1. The Labute approximate surface area is 45.9 Å². The van der Waals surface area contributed by atoms with Crippen molar-refractivity contribution in [2.24, 2.45) is 11.1 Å². The third kappa shape index (κ3) is 5.96. The van der Waals surface area contributed by atoms with Crippen molar-refractivity contribution in [3.8, 4) is 0 Å². The molecule has 0 atom stereocenters. The first-order valence-electron chi connectivity index (χ1n) is 2.62. The number of nitrogens with two attached hydrogens (primary N) is 1. The molecule has 0 aromatic rings. The summed E-state index contributed by atoms with van der Waals surface area (Å²) >= 11 is 0. The maximum atomic E-state index is 5.27. The second kappa shape index (κ2) is 2.31. The molecule has 0 bridgehead atoms. The highest BCUT2D eigenvalue weighted by atomic mass is 14.5. The van der Waals surface area contributed by atoms with Gasteiger partial charge in [0.05, 0.1) is 0 Å². The van der Waals surface area contributed by atoms with Crippen LogP contribution in [0.3, 0.4) is 0 Å². The monoisotopic (exact) mass is 100 g/mol. The Hall–Kier alpha value is -0.0400. The van der Waals surface area contributed by atoms with Crippen LogP contribution >= 0.6 is 0 Å². The van der Waals surface area contributed by atoms with Crippen molar-refractivity contribution < 1.29 is 0 Å². The van der Waals surface area contributed by atoms with Crippen LogP contribution in [0.4, 0.5) is 0 Å². The van der Waals surface area contributed by atoms with Crippen LogP contribution in [0.25, 0.3) is 0 Å². The van der Waals surface area contributed by atoms with Gasteiger partial charge in [-0.25, -0.2) is 0 Å². The van der Waals surface area contributed by atoms with Gasteiger partial charge in [0, 0.05) is 0 Å². The molecule has 1 nitrogen and oxygen atoms in total. The first-order chi connectivity index (χ1) is 3.06. The average molecular weight is 100 g/mol. The molecule has 7 heavy (non-hydrogen) atoms. The van der Waals surface area contributed by atoms with E-state index < -0.39 is 0 Å². The molecule has 0 fully saturated rings. The van der Waals surface area contributed by atoms with E-state index in [4.69, 9.17) is 5.73 Å². The van der Waals surface area contributed by atoms with Crippen LogP contribution in [0.2, 0.25) is 0 Å². The normalized spacial score (nSPS) is 12.0. The van der Waals surface area contributed by atoms with Gasteiger partial charge in [-0.05, 0) is 25.3 Å². The Bertz CT molecular complexity index is 42.6. The number of rotatable bonds is 2. The van der Waals surface area contributed by atoms with Crippen LogP contribution < -0.4 is 5.73 Å². The van der Waals surface area contributed by atoms with Crippen LogP contribution in [0, 0.1) is 12.3 Å². The Morgan fingerprint density at radius 2 is 2.00 bits per heavy atom. The largest absolute Gasteiger partial charge is 0.330 e. The van der Waals surface area contributed by atoms with Gasteiger partial charge >= 0.3 is 0 Å². The Kier molecular flexibility index (Phi) is 2.30. The molecular formula is C6H14N. The first-order valence-corrected chi connectivity index (χ1v) is 2.62. The summed E-state index contributed by atoms with van der Waals surface area (Å²) in [6, 6.07) is 0. The minimum Gasteiger partial charge on any atom is -0.330 e. The van der Waals surface area contributed by atoms with Gasteiger partial charge in [0.2, 0.25) is 0 Å². The van der Waals surface area contributed by atoms with Gasteiger partial charge < -0.3 is 5.73 Å². The van der Waals surface area contributed by atoms with Crippen molar-refractivity contribution in [3.63, 3.8) is 0 Å². The molecule has 2 N–H and O–H groups in total. The minimum atomic E-state index is 0.175. The smallest absolute Gasteiger partial charge is 0.00722 e. The maximum Gasteiger partial charge on any atom is -0.00722 e. The van der Waals surface area contributed by atoms with E-state index >= 15 is 0 Å². The zero-order valence-electron chi connectivity index (χ0n) is 5.20. The van der Waals surface area contributed by atoms with Gasteiger partial charge in [0.15, 0.2) is 0 Å². The molecule has 0 saturated carbocycles. The molecular weight excluding hydrogens is 86.1 g/mol.